The van der Waals surface area contributed by atoms with E-state index in [9.17, 15) is 4.79 Å². The van der Waals surface area contributed by atoms with E-state index >= 15 is 0 Å². The van der Waals surface area contributed by atoms with E-state index in [4.69, 9.17) is 0 Å². The summed E-state index contributed by atoms with van der Waals surface area (Å²) in [6, 6.07) is 18.2. The second-order valence-corrected chi connectivity index (χ2v) is 3.91. The molecule has 0 saturated heterocycles. The van der Waals surface area contributed by atoms with Crippen LogP contribution >= 0.6 is 0 Å². The summed E-state index contributed by atoms with van der Waals surface area (Å²) in [5, 5.41) is 3.82. The summed E-state index contributed by atoms with van der Waals surface area (Å²) in [4.78, 5) is 10.6. The molecule has 0 radical (unpaired) electrons. The third-order valence-electron chi connectivity index (χ3n) is 2.45. The number of carbonyl (C=O) groups excluding carboxylic acids is 1. The van der Waals surface area contributed by atoms with Crippen LogP contribution in [0.15, 0.2) is 59.7 Å². The molecule has 0 aliphatic rings. The van der Waals surface area contributed by atoms with Crippen molar-refractivity contribution in [2.45, 2.75) is 6.92 Å². The third-order valence-corrected chi connectivity index (χ3v) is 2.45. The number of nitrogens with one attached hydrogen (secondary N) is 1. The molecule has 18 heavy (non-hydrogen) atoms. The van der Waals surface area contributed by atoms with E-state index in [1.807, 2.05) is 42.5 Å². The predicted molar refractivity (Wildman–Crippen MR) is 73.3 cm³/mol. The van der Waals surface area contributed by atoms with Crippen LogP contribution in [0.25, 0.3) is 11.1 Å². The van der Waals surface area contributed by atoms with Crippen LogP contribution in [-0.4, -0.2) is 12.1 Å². The van der Waals surface area contributed by atoms with Crippen LogP contribution in [0.5, 0.6) is 0 Å². The normalized spacial score (nSPS) is 10.5. The Morgan fingerprint density at radius 1 is 1.00 bits per heavy atom. The topological polar surface area (TPSA) is 41.5 Å². The first-order valence-electron chi connectivity index (χ1n) is 5.71. The molecule has 2 aromatic rings. The fourth-order valence-electron chi connectivity index (χ4n) is 1.59. The first kappa shape index (κ1) is 12.0. The SMILES string of the molecule is CC(=O)N/N=C/c1ccc(-c2ccccc2)cc1. The molecule has 0 fully saturated rings. The van der Waals surface area contributed by atoms with Gasteiger partial charge < -0.3 is 0 Å². The summed E-state index contributed by atoms with van der Waals surface area (Å²) in [6.07, 6.45) is 1.62. The first-order valence-corrected chi connectivity index (χ1v) is 5.71. The average molecular weight is 238 g/mol. The summed E-state index contributed by atoms with van der Waals surface area (Å²) in [6.45, 7) is 1.43. The van der Waals surface area contributed by atoms with E-state index < -0.39 is 0 Å². The molecule has 0 spiro atoms. The molecule has 0 aliphatic carbocycles. The Morgan fingerprint density at radius 2 is 1.61 bits per heavy atom. The summed E-state index contributed by atoms with van der Waals surface area (Å²) < 4.78 is 0. The van der Waals surface area contributed by atoms with Gasteiger partial charge in [0.25, 0.3) is 0 Å². The van der Waals surface area contributed by atoms with Crippen molar-refractivity contribution >= 4 is 12.1 Å². The lowest BCUT2D eigenvalue weighted by molar-refractivity contribution is -0.118. The van der Waals surface area contributed by atoms with Gasteiger partial charge in [-0.1, -0.05) is 54.6 Å². The summed E-state index contributed by atoms with van der Waals surface area (Å²) in [7, 11) is 0. The van der Waals surface area contributed by atoms with Gasteiger partial charge in [0.15, 0.2) is 0 Å². The number of nitrogens with zero attached hydrogens (tertiary/aromatic N) is 1. The van der Waals surface area contributed by atoms with Crippen molar-refractivity contribution in [1.29, 1.82) is 0 Å². The molecule has 90 valence electrons. The molecule has 0 saturated carbocycles. The van der Waals surface area contributed by atoms with Crippen molar-refractivity contribution in [2.75, 3.05) is 0 Å². The number of hydrazone groups is 1. The van der Waals surface area contributed by atoms with Gasteiger partial charge in [-0.05, 0) is 16.7 Å². The molecule has 2 rings (SSSR count). The summed E-state index contributed by atoms with van der Waals surface area (Å²) in [5.74, 6) is -0.174. The third kappa shape index (κ3) is 3.28. The van der Waals surface area contributed by atoms with Crippen LogP contribution < -0.4 is 5.43 Å². The summed E-state index contributed by atoms with van der Waals surface area (Å²) in [5.41, 5.74) is 5.66. The molecule has 3 heteroatoms. The molecular weight excluding hydrogens is 224 g/mol. The highest BCUT2D eigenvalue weighted by Gasteiger charge is 1.95. The largest absolute Gasteiger partial charge is 0.274 e. The lowest BCUT2D eigenvalue weighted by Gasteiger charge is -2.01. The quantitative estimate of drug-likeness (QED) is 0.648. The monoisotopic (exact) mass is 238 g/mol. The Morgan fingerprint density at radius 3 is 2.22 bits per heavy atom. The average Bonchev–Trinajstić information content (AvgIpc) is 2.40. The minimum absolute atomic E-state index is 0.174. The van der Waals surface area contributed by atoms with Crippen LogP contribution in [-0.2, 0) is 4.79 Å². The van der Waals surface area contributed by atoms with Gasteiger partial charge in [0.2, 0.25) is 5.91 Å². The van der Waals surface area contributed by atoms with E-state index in [1.54, 1.807) is 6.21 Å². The Balaban J connectivity index is 2.11. The maximum atomic E-state index is 10.6. The zero-order valence-corrected chi connectivity index (χ0v) is 10.1. The molecule has 1 N–H and O–H groups in total. The van der Waals surface area contributed by atoms with E-state index in [0.717, 1.165) is 11.1 Å². The number of hydrogen-bond donors (Lipinski definition) is 1. The van der Waals surface area contributed by atoms with Gasteiger partial charge in [-0.15, -0.1) is 0 Å². The zero-order chi connectivity index (χ0) is 12.8. The van der Waals surface area contributed by atoms with Crippen molar-refractivity contribution < 1.29 is 4.79 Å². The van der Waals surface area contributed by atoms with Crippen molar-refractivity contribution in [3.63, 3.8) is 0 Å². The second-order valence-electron chi connectivity index (χ2n) is 3.91. The molecule has 0 unspecified atom stereocenters. The highest BCUT2D eigenvalue weighted by atomic mass is 16.2. The van der Waals surface area contributed by atoms with Crippen LogP contribution in [0.1, 0.15) is 12.5 Å². The van der Waals surface area contributed by atoms with Crippen LogP contribution in [0, 0.1) is 0 Å². The Labute approximate surface area is 106 Å². The van der Waals surface area contributed by atoms with E-state index in [-0.39, 0.29) is 5.91 Å². The Kier molecular flexibility index (Phi) is 3.86. The van der Waals surface area contributed by atoms with Gasteiger partial charge in [-0.2, -0.15) is 5.10 Å². The van der Waals surface area contributed by atoms with Gasteiger partial charge in [0.1, 0.15) is 0 Å². The molecular formula is C15H14N2O. The molecule has 0 aliphatic heterocycles. The van der Waals surface area contributed by atoms with Crippen LogP contribution in [0.4, 0.5) is 0 Å². The van der Waals surface area contributed by atoms with E-state index in [0.29, 0.717) is 0 Å². The smallest absolute Gasteiger partial charge is 0.236 e. The Bertz CT molecular complexity index is 544. The molecule has 0 heterocycles. The number of benzene rings is 2. The van der Waals surface area contributed by atoms with Crippen LogP contribution in [0.2, 0.25) is 0 Å². The lowest BCUT2D eigenvalue weighted by Crippen LogP contribution is -2.12. The molecule has 2 aromatic carbocycles. The number of carbonyl (C=O) groups is 1. The van der Waals surface area contributed by atoms with Crippen molar-refractivity contribution in [3.05, 3.63) is 60.2 Å². The van der Waals surface area contributed by atoms with Gasteiger partial charge >= 0.3 is 0 Å². The molecule has 3 nitrogen and oxygen atoms in total. The molecule has 1 amide bonds. The minimum Gasteiger partial charge on any atom is -0.274 e. The number of amides is 1. The fourth-order valence-corrected chi connectivity index (χ4v) is 1.59. The zero-order valence-electron chi connectivity index (χ0n) is 10.1. The van der Waals surface area contributed by atoms with Crippen LogP contribution in [0.3, 0.4) is 0 Å². The standard InChI is InChI=1S/C15H14N2O/c1-12(18)17-16-11-13-7-9-15(10-8-13)14-5-3-2-4-6-14/h2-11H,1H3,(H,17,18)/b16-11+. The van der Waals surface area contributed by atoms with Crippen molar-refractivity contribution in [3.8, 4) is 11.1 Å². The minimum atomic E-state index is -0.174. The molecule has 0 aromatic heterocycles. The van der Waals surface area contributed by atoms with Crippen molar-refractivity contribution in [2.24, 2.45) is 5.10 Å². The summed E-state index contributed by atoms with van der Waals surface area (Å²) >= 11 is 0. The fraction of sp³-hybridized carbons (Fsp3) is 0.0667. The predicted octanol–water partition coefficient (Wildman–Crippen LogP) is 2.82. The van der Waals surface area contributed by atoms with Gasteiger partial charge in [0.05, 0.1) is 6.21 Å². The van der Waals surface area contributed by atoms with E-state index in [2.05, 4.69) is 22.7 Å². The number of rotatable bonds is 3. The lowest BCUT2D eigenvalue weighted by atomic mass is 10.0. The van der Waals surface area contributed by atoms with Gasteiger partial charge in [-0.25, -0.2) is 5.43 Å². The van der Waals surface area contributed by atoms with E-state index in [1.165, 1.54) is 12.5 Å². The highest BCUT2D eigenvalue weighted by Crippen LogP contribution is 2.18. The maximum Gasteiger partial charge on any atom is 0.236 e. The van der Waals surface area contributed by atoms with Crippen molar-refractivity contribution in [1.82, 2.24) is 5.43 Å². The molecule has 0 atom stereocenters. The first-order chi connectivity index (χ1) is 8.75. The second kappa shape index (κ2) is 5.77. The number of hydrogen-bond acceptors (Lipinski definition) is 2. The highest BCUT2D eigenvalue weighted by molar-refractivity contribution is 5.82. The van der Waals surface area contributed by atoms with Gasteiger partial charge in [-0.3, -0.25) is 4.79 Å². The Hall–Kier alpha value is -2.42. The molecule has 0 bridgehead atoms. The maximum absolute atomic E-state index is 10.6. The van der Waals surface area contributed by atoms with Gasteiger partial charge in [0, 0.05) is 6.92 Å².